The first-order valence-electron chi connectivity index (χ1n) is 12.0. The van der Waals surface area contributed by atoms with E-state index in [0.717, 1.165) is 70.1 Å². The summed E-state index contributed by atoms with van der Waals surface area (Å²) in [5.74, 6) is 1.21. The van der Waals surface area contributed by atoms with E-state index in [2.05, 4.69) is 12.1 Å². The number of amides is 1. The van der Waals surface area contributed by atoms with Gasteiger partial charge in [0.2, 0.25) is 15.9 Å². The van der Waals surface area contributed by atoms with E-state index in [9.17, 15) is 13.2 Å². The Balaban J connectivity index is 1.54. The number of sulfonamides is 1. The Hall–Kier alpha value is -1.60. The van der Waals surface area contributed by atoms with Gasteiger partial charge in [0, 0.05) is 19.1 Å². The molecule has 0 radical (unpaired) electrons. The van der Waals surface area contributed by atoms with Gasteiger partial charge in [-0.05, 0) is 75.0 Å². The molecule has 6 nitrogen and oxygen atoms in total. The molecule has 2 bridgehead atoms. The zero-order chi connectivity index (χ0) is 21.7. The van der Waals surface area contributed by atoms with E-state index in [1.807, 2.05) is 17.0 Å². The lowest BCUT2D eigenvalue weighted by atomic mass is 9.95. The van der Waals surface area contributed by atoms with E-state index in [1.165, 1.54) is 9.87 Å². The first kappa shape index (κ1) is 22.6. The van der Waals surface area contributed by atoms with Crippen LogP contribution in [0.1, 0.15) is 63.4 Å². The maximum atomic E-state index is 13.3. The van der Waals surface area contributed by atoms with Gasteiger partial charge < -0.3 is 9.64 Å². The lowest BCUT2D eigenvalue weighted by Gasteiger charge is -2.37. The molecule has 7 heteroatoms. The summed E-state index contributed by atoms with van der Waals surface area (Å²) in [5, 5.41) is 0. The number of aryl methyl sites for hydroxylation is 1. The fourth-order valence-corrected chi connectivity index (χ4v) is 7.18. The second-order valence-electron chi connectivity index (χ2n) is 9.39. The van der Waals surface area contributed by atoms with Crippen molar-refractivity contribution >= 4 is 15.9 Å². The van der Waals surface area contributed by atoms with Crippen LogP contribution < -0.4 is 4.74 Å². The Morgan fingerprint density at radius 1 is 0.968 bits per heavy atom. The number of nitrogens with zero attached hydrogens (tertiary/aromatic N) is 2. The molecule has 1 saturated carbocycles. The fraction of sp³-hybridized carbons (Fsp3) is 0.708. The van der Waals surface area contributed by atoms with Crippen LogP contribution in [0.4, 0.5) is 0 Å². The number of carbonyl (C=O) groups is 1. The lowest BCUT2D eigenvalue weighted by molar-refractivity contribution is -0.135. The molecule has 0 spiro atoms. The minimum Gasteiger partial charge on any atom is -0.494 e. The molecule has 1 saturated heterocycles. The topological polar surface area (TPSA) is 66.9 Å². The van der Waals surface area contributed by atoms with Crippen molar-refractivity contribution in [2.75, 3.05) is 32.0 Å². The van der Waals surface area contributed by atoms with Crippen LogP contribution in [0, 0.1) is 5.92 Å². The Kier molecular flexibility index (Phi) is 7.54. The SMILES string of the molecule is O=C1CN(S(=O)(=O)CC2CCCC2)CCCOc2cccc(c2)CCC2CCCCN12. The van der Waals surface area contributed by atoms with Crippen LogP contribution in [0.3, 0.4) is 0 Å². The van der Waals surface area contributed by atoms with Crippen molar-refractivity contribution in [2.24, 2.45) is 5.92 Å². The smallest absolute Gasteiger partial charge is 0.238 e. The third-order valence-electron chi connectivity index (χ3n) is 7.06. The van der Waals surface area contributed by atoms with Crippen LogP contribution in [0.2, 0.25) is 0 Å². The van der Waals surface area contributed by atoms with Gasteiger partial charge >= 0.3 is 0 Å². The molecule has 2 aliphatic heterocycles. The summed E-state index contributed by atoms with van der Waals surface area (Å²) in [6.45, 7) is 1.48. The Bertz CT molecular complexity index is 851. The van der Waals surface area contributed by atoms with Gasteiger partial charge in [-0.25, -0.2) is 8.42 Å². The summed E-state index contributed by atoms with van der Waals surface area (Å²) in [5.41, 5.74) is 1.23. The molecule has 2 heterocycles. The van der Waals surface area contributed by atoms with Crippen LogP contribution in [-0.2, 0) is 21.2 Å². The fourth-order valence-electron chi connectivity index (χ4n) is 5.32. The van der Waals surface area contributed by atoms with Gasteiger partial charge in [-0.1, -0.05) is 25.0 Å². The number of benzene rings is 1. The molecule has 2 fully saturated rings. The molecule has 1 atom stereocenters. The Labute approximate surface area is 187 Å². The van der Waals surface area contributed by atoms with E-state index < -0.39 is 10.0 Å². The largest absolute Gasteiger partial charge is 0.494 e. The first-order chi connectivity index (χ1) is 15.0. The minimum atomic E-state index is -3.47. The van der Waals surface area contributed by atoms with Crippen molar-refractivity contribution < 1.29 is 17.9 Å². The average molecular weight is 449 g/mol. The second-order valence-corrected chi connectivity index (χ2v) is 11.4. The van der Waals surface area contributed by atoms with E-state index in [-0.39, 0.29) is 30.2 Å². The molecule has 172 valence electrons. The van der Waals surface area contributed by atoms with Gasteiger partial charge in [-0.15, -0.1) is 0 Å². The number of carbonyl (C=O) groups excluding carboxylic acids is 1. The molecule has 1 amide bonds. The van der Waals surface area contributed by atoms with Crippen LogP contribution in [0.5, 0.6) is 5.75 Å². The molecule has 0 N–H and O–H groups in total. The first-order valence-corrected chi connectivity index (χ1v) is 13.6. The van der Waals surface area contributed by atoms with Crippen LogP contribution in [-0.4, -0.2) is 61.6 Å². The highest BCUT2D eigenvalue weighted by Gasteiger charge is 2.33. The number of fused-ring (bicyclic) bond motifs is 3. The zero-order valence-corrected chi connectivity index (χ0v) is 19.3. The predicted molar refractivity (Wildman–Crippen MR) is 122 cm³/mol. The summed E-state index contributed by atoms with van der Waals surface area (Å²) in [6.07, 6.45) is 9.69. The molecule has 1 aromatic rings. The molecule has 3 aliphatic rings. The highest BCUT2D eigenvalue weighted by atomic mass is 32.2. The highest BCUT2D eigenvalue weighted by molar-refractivity contribution is 7.89. The quantitative estimate of drug-likeness (QED) is 0.709. The maximum Gasteiger partial charge on any atom is 0.238 e. The summed E-state index contributed by atoms with van der Waals surface area (Å²) in [7, 11) is -3.47. The molecule has 1 aromatic carbocycles. The van der Waals surface area contributed by atoms with Gasteiger partial charge in [-0.3, -0.25) is 4.79 Å². The zero-order valence-electron chi connectivity index (χ0n) is 18.5. The van der Waals surface area contributed by atoms with Crippen molar-refractivity contribution in [3.63, 3.8) is 0 Å². The van der Waals surface area contributed by atoms with Crippen molar-refractivity contribution in [3.8, 4) is 5.75 Å². The standard InChI is InChI=1S/C24H36N2O4S/c27-24-18-25(31(28,29)19-21-7-1-2-8-21)14-6-16-30-23-11-5-9-20(17-23)12-13-22-10-3-4-15-26(22)24/h5,9,11,17,21-22H,1-4,6-8,10,12-16,18-19H2. The maximum absolute atomic E-state index is 13.3. The van der Waals surface area contributed by atoms with Gasteiger partial charge in [0.1, 0.15) is 5.75 Å². The third-order valence-corrected chi connectivity index (χ3v) is 9.05. The molecule has 1 unspecified atom stereocenters. The molecule has 0 aromatic heterocycles. The van der Waals surface area contributed by atoms with E-state index in [0.29, 0.717) is 19.6 Å². The van der Waals surface area contributed by atoms with Crippen molar-refractivity contribution in [1.82, 2.24) is 9.21 Å². The third kappa shape index (κ3) is 6.01. The monoisotopic (exact) mass is 448 g/mol. The minimum absolute atomic E-state index is 0.0309. The van der Waals surface area contributed by atoms with Crippen LogP contribution in [0.15, 0.2) is 24.3 Å². The van der Waals surface area contributed by atoms with Crippen LogP contribution >= 0.6 is 0 Å². The Morgan fingerprint density at radius 2 is 1.77 bits per heavy atom. The predicted octanol–water partition coefficient (Wildman–Crippen LogP) is 3.60. The average Bonchev–Trinajstić information content (AvgIpc) is 3.26. The summed E-state index contributed by atoms with van der Waals surface area (Å²) in [4.78, 5) is 15.2. The van der Waals surface area contributed by atoms with Gasteiger partial charge in [-0.2, -0.15) is 4.31 Å². The van der Waals surface area contributed by atoms with Crippen molar-refractivity contribution in [1.29, 1.82) is 0 Å². The Morgan fingerprint density at radius 3 is 2.61 bits per heavy atom. The van der Waals surface area contributed by atoms with E-state index in [4.69, 9.17) is 4.74 Å². The number of hydrogen-bond donors (Lipinski definition) is 0. The lowest BCUT2D eigenvalue weighted by Crippen LogP contribution is -2.50. The van der Waals surface area contributed by atoms with Gasteiger partial charge in [0.05, 0.1) is 18.9 Å². The summed E-state index contributed by atoms with van der Waals surface area (Å²) < 4.78 is 33.8. The molecule has 31 heavy (non-hydrogen) atoms. The summed E-state index contributed by atoms with van der Waals surface area (Å²) >= 11 is 0. The number of rotatable bonds is 3. The number of ether oxygens (including phenoxy) is 1. The molecular weight excluding hydrogens is 412 g/mol. The van der Waals surface area contributed by atoms with Gasteiger partial charge in [0.15, 0.2) is 0 Å². The van der Waals surface area contributed by atoms with E-state index >= 15 is 0 Å². The number of piperidine rings is 1. The van der Waals surface area contributed by atoms with Crippen molar-refractivity contribution in [2.45, 2.75) is 70.3 Å². The summed E-state index contributed by atoms with van der Waals surface area (Å²) in [6, 6.07) is 8.35. The van der Waals surface area contributed by atoms with Crippen molar-refractivity contribution in [3.05, 3.63) is 29.8 Å². The molecular formula is C24H36N2O4S. The van der Waals surface area contributed by atoms with Crippen LogP contribution in [0.25, 0.3) is 0 Å². The molecule has 1 aliphatic carbocycles. The molecule has 4 rings (SSSR count). The second kappa shape index (κ2) is 10.3. The highest BCUT2D eigenvalue weighted by Crippen LogP contribution is 2.28. The normalized spacial score (nSPS) is 25.0. The number of hydrogen-bond acceptors (Lipinski definition) is 4. The van der Waals surface area contributed by atoms with Gasteiger partial charge in [0.25, 0.3) is 0 Å². The van der Waals surface area contributed by atoms with E-state index in [1.54, 1.807) is 0 Å².